The quantitative estimate of drug-likeness (QED) is 0.839. The van der Waals surface area contributed by atoms with Crippen LogP contribution < -0.4 is 5.32 Å². The molecule has 0 aromatic heterocycles. The van der Waals surface area contributed by atoms with E-state index >= 15 is 0 Å². The third-order valence-electron chi connectivity index (χ3n) is 4.24. The summed E-state index contributed by atoms with van der Waals surface area (Å²) in [5, 5.41) is 3.21. The lowest BCUT2D eigenvalue weighted by Gasteiger charge is -2.35. The van der Waals surface area contributed by atoms with Crippen molar-refractivity contribution in [3.05, 3.63) is 0 Å². The van der Waals surface area contributed by atoms with Crippen LogP contribution in [0.25, 0.3) is 0 Å². The van der Waals surface area contributed by atoms with Crippen molar-refractivity contribution in [2.45, 2.75) is 76.9 Å². The van der Waals surface area contributed by atoms with Crippen LogP contribution in [0.15, 0.2) is 0 Å². The zero-order valence-corrected chi connectivity index (χ0v) is 11.8. The first-order valence-electron chi connectivity index (χ1n) is 7.48. The number of rotatable bonds is 3. The van der Waals surface area contributed by atoms with Crippen molar-refractivity contribution in [1.82, 2.24) is 5.32 Å². The second-order valence-electron chi connectivity index (χ2n) is 6.57. The molecule has 104 valence electrons. The lowest BCUT2D eigenvalue weighted by Crippen LogP contribution is -2.40. The lowest BCUT2D eigenvalue weighted by molar-refractivity contribution is -0.125. The first-order valence-corrected chi connectivity index (χ1v) is 7.48. The Labute approximate surface area is 111 Å². The maximum atomic E-state index is 12.0. The minimum absolute atomic E-state index is 0.0476. The van der Waals surface area contributed by atoms with Crippen molar-refractivity contribution in [2.75, 3.05) is 6.61 Å². The topological polar surface area (TPSA) is 38.3 Å². The summed E-state index contributed by atoms with van der Waals surface area (Å²) in [6.07, 6.45) is 8.94. The van der Waals surface area contributed by atoms with Gasteiger partial charge in [0.2, 0.25) is 5.91 Å². The largest absolute Gasteiger partial charge is 0.376 e. The molecule has 1 amide bonds. The average molecular weight is 253 g/mol. The number of ether oxygens (including phenoxy) is 1. The molecule has 1 atom stereocenters. The number of hydrogen-bond acceptors (Lipinski definition) is 2. The normalized spacial score (nSPS) is 28.9. The SMILES string of the molecule is CC1(C)C[C@@H](CC(=O)NC2CCCCC2)CCO1. The standard InChI is InChI=1S/C15H27NO2/c1-15(2)11-12(8-9-18-15)10-14(17)16-13-6-4-3-5-7-13/h12-13H,3-11H2,1-2H3,(H,16,17)/t12-/m1/s1. The minimum atomic E-state index is -0.0476. The van der Waals surface area contributed by atoms with Gasteiger partial charge in [0, 0.05) is 19.1 Å². The second-order valence-corrected chi connectivity index (χ2v) is 6.57. The number of nitrogens with one attached hydrogen (secondary N) is 1. The molecular formula is C15H27NO2. The summed E-state index contributed by atoms with van der Waals surface area (Å²) in [5.41, 5.74) is -0.0476. The van der Waals surface area contributed by atoms with E-state index in [-0.39, 0.29) is 11.5 Å². The van der Waals surface area contributed by atoms with E-state index in [1.165, 1.54) is 32.1 Å². The Morgan fingerprint density at radius 3 is 2.61 bits per heavy atom. The molecular weight excluding hydrogens is 226 g/mol. The highest BCUT2D eigenvalue weighted by molar-refractivity contribution is 5.76. The molecule has 1 heterocycles. The van der Waals surface area contributed by atoms with Crippen molar-refractivity contribution < 1.29 is 9.53 Å². The zero-order valence-electron chi connectivity index (χ0n) is 11.8. The van der Waals surface area contributed by atoms with Crippen LogP contribution in [0.4, 0.5) is 0 Å². The minimum Gasteiger partial charge on any atom is -0.376 e. The molecule has 18 heavy (non-hydrogen) atoms. The molecule has 1 saturated carbocycles. The summed E-state index contributed by atoms with van der Waals surface area (Å²) in [7, 11) is 0. The van der Waals surface area contributed by atoms with Crippen LogP contribution in [0.1, 0.15) is 65.2 Å². The molecule has 0 bridgehead atoms. The molecule has 0 spiro atoms. The smallest absolute Gasteiger partial charge is 0.220 e. The summed E-state index contributed by atoms with van der Waals surface area (Å²) in [6, 6.07) is 0.444. The number of hydrogen-bond donors (Lipinski definition) is 1. The van der Waals surface area contributed by atoms with Crippen LogP contribution in [0.3, 0.4) is 0 Å². The van der Waals surface area contributed by atoms with Crippen LogP contribution >= 0.6 is 0 Å². The third kappa shape index (κ3) is 4.27. The Kier molecular flexibility index (Phi) is 4.66. The van der Waals surface area contributed by atoms with Gasteiger partial charge in [0.1, 0.15) is 0 Å². The predicted molar refractivity (Wildman–Crippen MR) is 72.4 cm³/mol. The molecule has 1 aliphatic heterocycles. The van der Waals surface area contributed by atoms with Gasteiger partial charge >= 0.3 is 0 Å². The Morgan fingerprint density at radius 2 is 1.94 bits per heavy atom. The Balaban J connectivity index is 1.73. The predicted octanol–water partition coefficient (Wildman–Crippen LogP) is 3.03. The van der Waals surface area contributed by atoms with E-state index < -0.39 is 0 Å². The maximum absolute atomic E-state index is 12.0. The first kappa shape index (κ1) is 13.9. The van der Waals surface area contributed by atoms with E-state index in [4.69, 9.17) is 4.74 Å². The van der Waals surface area contributed by atoms with Crippen LogP contribution in [0, 0.1) is 5.92 Å². The maximum Gasteiger partial charge on any atom is 0.220 e. The number of carbonyl (C=O) groups excluding carboxylic acids is 1. The Bertz CT molecular complexity index is 282. The summed E-state index contributed by atoms with van der Waals surface area (Å²) in [4.78, 5) is 12.0. The van der Waals surface area contributed by atoms with Gasteiger partial charge < -0.3 is 10.1 Å². The van der Waals surface area contributed by atoms with E-state index in [0.29, 0.717) is 18.4 Å². The third-order valence-corrected chi connectivity index (χ3v) is 4.24. The van der Waals surface area contributed by atoms with Crippen molar-refractivity contribution in [3.63, 3.8) is 0 Å². The molecule has 0 aromatic carbocycles. The van der Waals surface area contributed by atoms with E-state index in [1.54, 1.807) is 0 Å². The number of carbonyl (C=O) groups is 1. The fourth-order valence-corrected chi connectivity index (χ4v) is 3.33. The van der Waals surface area contributed by atoms with Crippen LogP contribution in [-0.4, -0.2) is 24.2 Å². The van der Waals surface area contributed by atoms with Gasteiger partial charge in [0.25, 0.3) is 0 Å². The molecule has 1 N–H and O–H groups in total. The van der Waals surface area contributed by atoms with Crippen LogP contribution in [0.5, 0.6) is 0 Å². The molecule has 3 heteroatoms. The highest BCUT2D eigenvalue weighted by atomic mass is 16.5. The molecule has 0 aromatic rings. The van der Waals surface area contributed by atoms with Gasteiger partial charge in [-0.05, 0) is 45.4 Å². The molecule has 3 nitrogen and oxygen atoms in total. The van der Waals surface area contributed by atoms with Gasteiger partial charge in [0.15, 0.2) is 0 Å². The monoisotopic (exact) mass is 253 g/mol. The molecule has 2 fully saturated rings. The van der Waals surface area contributed by atoms with E-state index in [0.717, 1.165) is 19.4 Å². The Morgan fingerprint density at radius 1 is 1.22 bits per heavy atom. The van der Waals surface area contributed by atoms with Gasteiger partial charge in [0.05, 0.1) is 5.60 Å². The molecule has 1 saturated heterocycles. The molecule has 0 radical (unpaired) electrons. The number of amides is 1. The summed E-state index contributed by atoms with van der Waals surface area (Å²) in [6.45, 7) is 5.05. The second kappa shape index (κ2) is 6.05. The van der Waals surface area contributed by atoms with Gasteiger partial charge in [-0.2, -0.15) is 0 Å². The zero-order chi connectivity index (χ0) is 13.0. The van der Waals surface area contributed by atoms with Gasteiger partial charge in [-0.25, -0.2) is 0 Å². The fourth-order valence-electron chi connectivity index (χ4n) is 3.33. The summed E-state index contributed by atoms with van der Waals surface area (Å²) < 4.78 is 5.70. The average Bonchev–Trinajstić information content (AvgIpc) is 2.28. The van der Waals surface area contributed by atoms with Crippen molar-refractivity contribution in [1.29, 1.82) is 0 Å². The first-order chi connectivity index (χ1) is 8.55. The summed E-state index contributed by atoms with van der Waals surface area (Å²) >= 11 is 0. The molecule has 0 unspecified atom stereocenters. The Hall–Kier alpha value is -0.570. The van der Waals surface area contributed by atoms with Gasteiger partial charge in [-0.1, -0.05) is 19.3 Å². The van der Waals surface area contributed by atoms with Gasteiger partial charge in [-0.3, -0.25) is 4.79 Å². The van der Waals surface area contributed by atoms with E-state index in [9.17, 15) is 4.79 Å². The van der Waals surface area contributed by atoms with Crippen molar-refractivity contribution in [3.8, 4) is 0 Å². The van der Waals surface area contributed by atoms with Gasteiger partial charge in [-0.15, -0.1) is 0 Å². The van der Waals surface area contributed by atoms with Crippen LogP contribution in [-0.2, 0) is 9.53 Å². The van der Waals surface area contributed by atoms with E-state index in [2.05, 4.69) is 19.2 Å². The van der Waals surface area contributed by atoms with E-state index in [1.807, 2.05) is 0 Å². The highest BCUT2D eigenvalue weighted by Gasteiger charge is 2.30. The van der Waals surface area contributed by atoms with Crippen molar-refractivity contribution in [2.24, 2.45) is 5.92 Å². The van der Waals surface area contributed by atoms with Crippen LogP contribution in [0.2, 0.25) is 0 Å². The molecule has 2 rings (SSSR count). The lowest BCUT2D eigenvalue weighted by atomic mass is 9.86. The fraction of sp³-hybridized carbons (Fsp3) is 0.933. The van der Waals surface area contributed by atoms with Crippen molar-refractivity contribution >= 4 is 5.91 Å². The molecule has 1 aliphatic carbocycles. The summed E-state index contributed by atoms with van der Waals surface area (Å²) in [5.74, 6) is 0.752. The molecule has 2 aliphatic rings. The highest BCUT2D eigenvalue weighted by Crippen LogP contribution is 2.30.